The Hall–Kier alpha value is -3.79. The van der Waals surface area contributed by atoms with E-state index in [0.717, 1.165) is 0 Å². The maximum atomic E-state index is 11.9. The van der Waals surface area contributed by atoms with Gasteiger partial charge in [0.15, 0.2) is 18.1 Å². The van der Waals surface area contributed by atoms with Gasteiger partial charge in [0, 0.05) is 35.3 Å². The first-order chi connectivity index (χ1) is 15.9. The van der Waals surface area contributed by atoms with Crippen LogP contribution in [0.1, 0.15) is 23.2 Å². The summed E-state index contributed by atoms with van der Waals surface area (Å²) in [6.07, 6.45) is 0.321. The molecular formula is C22H22ClN3O7. The molecule has 0 spiro atoms. The standard InChI is InChI=1S/C22H22ClN3O7/c23-15-5-3-14(4-6-15)21(29)24-9-1-2-20(28)33-13-19(27)26-22(30)25-16-7-8-17-18(12-16)32-11-10-31-17/h3-8,12H,1-2,9-11,13H2,(H,24,29)(H2,25,26,27,30). The highest BCUT2D eigenvalue weighted by Gasteiger charge is 2.15. The highest BCUT2D eigenvalue weighted by molar-refractivity contribution is 6.30. The van der Waals surface area contributed by atoms with Gasteiger partial charge in [-0.3, -0.25) is 19.7 Å². The van der Waals surface area contributed by atoms with Crippen molar-refractivity contribution >= 4 is 41.1 Å². The molecule has 1 heterocycles. The van der Waals surface area contributed by atoms with Crippen LogP contribution in [0, 0.1) is 0 Å². The van der Waals surface area contributed by atoms with Crippen molar-refractivity contribution in [2.45, 2.75) is 12.8 Å². The van der Waals surface area contributed by atoms with Crippen molar-refractivity contribution in [1.82, 2.24) is 10.6 Å². The van der Waals surface area contributed by atoms with Gasteiger partial charge in [-0.25, -0.2) is 4.79 Å². The number of urea groups is 1. The van der Waals surface area contributed by atoms with Gasteiger partial charge in [0.05, 0.1) is 0 Å². The van der Waals surface area contributed by atoms with Gasteiger partial charge in [-0.05, 0) is 42.8 Å². The highest BCUT2D eigenvalue weighted by atomic mass is 35.5. The van der Waals surface area contributed by atoms with E-state index in [1.165, 1.54) is 0 Å². The van der Waals surface area contributed by atoms with Crippen molar-refractivity contribution in [2.75, 3.05) is 31.7 Å². The minimum atomic E-state index is -0.783. The summed E-state index contributed by atoms with van der Waals surface area (Å²) >= 11 is 5.77. The Bertz CT molecular complexity index is 1030. The van der Waals surface area contributed by atoms with Crippen LogP contribution in [0.15, 0.2) is 42.5 Å². The molecule has 3 rings (SSSR count). The van der Waals surface area contributed by atoms with Gasteiger partial charge >= 0.3 is 12.0 Å². The number of hydrogen-bond donors (Lipinski definition) is 3. The van der Waals surface area contributed by atoms with E-state index in [1.54, 1.807) is 42.5 Å². The Morgan fingerprint density at radius 3 is 2.45 bits per heavy atom. The zero-order valence-corrected chi connectivity index (χ0v) is 18.3. The molecular weight excluding hydrogens is 454 g/mol. The van der Waals surface area contributed by atoms with Crippen molar-refractivity contribution in [3.05, 3.63) is 53.1 Å². The van der Waals surface area contributed by atoms with Crippen LogP contribution in [0.2, 0.25) is 5.02 Å². The fourth-order valence-corrected chi connectivity index (χ4v) is 2.93. The SMILES string of the molecule is O=C(COC(=O)CCCNC(=O)c1ccc(Cl)cc1)NC(=O)Nc1ccc2c(c1)OCCO2. The summed E-state index contributed by atoms with van der Waals surface area (Å²) in [5, 5.41) is 7.74. The highest BCUT2D eigenvalue weighted by Crippen LogP contribution is 2.32. The smallest absolute Gasteiger partial charge is 0.325 e. The van der Waals surface area contributed by atoms with Gasteiger partial charge in [-0.15, -0.1) is 0 Å². The lowest BCUT2D eigenvalue weighted by molar-refractivity contribution is -0.148. The molecule has 0 unspecified atom stereocenters. The fraction of sp³-hybridized carbons (Fsp3) is 0.273. The zero-order valence-electron chi connectivity index (χ0n) is 17.5. The molecule has 11 heteroatoms. The molecule has 4 amide bonds. The Labute approximate surface area is 194 Å². The van der Waals surface area contributed by atoms with E-state index in [2.05, 4.69) is 16.0 Å². The van der Waals surface area contributed by atoms with Gasteiger partial charge in [0.25, 0.3) is 11.8 Å². The third kappa shape index (κ3) is 7.69. The third-order valence-electron chi connectivity index (χ3n) is 4.37. The molecule has 3 N–H and O–H groups in total. The largest absolute Gasteiger partial charge is 0.486 e. The molecule has 0 radical (unpaired) electrons. The lowest BCUT2D eigenvalue weighted by atomic mass is 10.2. The summed E-state index contributed by atoms with van der Waals surface area (Å²) < 4.78 is 15.7. The van der Waals surface area contributed by atoms with Crippen molar-refractivity contribution in [2.24, 2.45) is 0 Å². The molecule has 174 valence electrons. The first-order valence-corrected chi connectivity index (χ1v) is 10.5. The summed E-state index contributed by atoms with van der Waals surface area (Å²) in [7, 11) is 0. The molecule has 2 aromatic carbocycles. The minimum Gasteiger partial charge on any atom is -0.486 e. The maximum Gasteiger partial charge on any atom is 0.325 e. The lowest BCUT2D eigenvalue weighted by Crippen LogP contribution is -2.37. The second-order valence-electron chi connectivity index (χ2n) is 6.89. The number of fused-ring (bicyclic) bond motifs is 1. The van der Waals surface area contributed by atoms with Crippen LogP contribution in [0.4, 0.5) is 10.5 Å². The number of ether oxygens (including phenoxy) is 3. The fourth-order valence-electron chi connectivity index (χ4n) is 2.80. The summed E-state index contributed by atoms with van der Waals surface area (Å²) in [4.78, 5) is 47.5. The number of carbonyl (C=O) groups excluding carboxylic acids is 4. The summed E-state index contributed by atoms with van der Waals surface area (Å²) in [5.41, 5.74) is 0.857. The predicted molar refractivity (Wildman–Crippen MR) is 119 cm³/mol. The third-order valence-corrected chi connectivity index (χ3v) is 4.62. The Kier molecular flexibility index (Phi) is 8.48. The van der Waals surface area contributed by atoms with Crippen LogP contribution in [-0.4, -0.2) is 50.2 Å². The normalized spacial score (nSPS) is 11.8. The molecule has 0 bridgehead atoms. The van der Waals surface area contributed by atoms with Crippen LogP contribution >= 0.6 is 11.6 Å². The van der Waals surface area contributed by atoms with Crippen LogP contribution in [0.25, 0.3) is 0 Å². The quantitative estimate of drug-likeness (QED) is 0.394. The molecule has 1 aliphatic heterocycles. The molecule has 10 nitrogen and oxygen atoms in total. The Morgan fingerprint density at radius 2 is 1.70 bits per heavy atom. The number of anilines is 1. The minimum absolute atomic E-state index is 0.00241. The number of amides is 4. The number of benzene rings is 2. The number of rotatable bonds is 8. The molecule has 0 saturated heterocycles. The first kappa shape index (κ1) is 23.9. The van der Waals surface area contributed by atoms with E-state index in [1.807, 2.05) is 0 Å². The second kappa shape index (κ2) is 11.7. The molecule has 0 saturated carbocycles. The van der Waals surface area contributed by atoms with Crippen molar-refractivity contribution < 1.29 is 33.4 Å². The van der Waals surface area contributed by atoms with Gasteiger partial charge in [0.2, 0.25) is 0 Å². The molecule has 0 aliphatic carbocycles. The van der Waals surface area contributed by atoms with Crippen LogP contribution in [0.3, 0.4) is 0 Å². The number of hydrogen-bond acceptors (Lipinski definition) is 7. The summed E-state index contributed by atoms with van der Waals surface area (Å²) in [6, 6.07) is 10.4. The Morgan fingerprint density at radius 1 is 0.970 bits per heavy atom. The monoisotopic (exact) mass is 475 g/mol. The summed E-state index contributed by atoms with van der Waals surface area (Å²) in [6.45, 7) is 0.498. The van der Waals surface area contributed by atoms with Crippen LogP contribution < -0.4 is 25.4 Å². The zero-order chi connectivity index (χ0) is 23.6. The van der Waals surface area contributed by atoms with Crippen LogP contribution in [0.5, 0.6) is 11.5 Å². The number of nitrogens with one attached hydrogen (secondary N) is 3. The maximum absolute atomic E-state index is 11.9. The van der Waals surface area contributed by atoms with E-state index in [9.17, 15) is 19.2 Å². The number of esters is 1. The van der Waals surface area contributed by atoms with Gasteiger partial charge < -0.3 is 24.8 Å². The van der Waals surface area contributed by atoms with E-state index in [0.29, 0.717) is 47.4 Å². The predicted octanol–water partition coefficient (Wildman–Crippen LogP) is 2.51. The van der Waals surface area contributed by atoms with E-state index >= 15 is 0 Å². The molecule has 1 aliphatic rings. The van der Waals surface area contributed by atoms with E-state index in [4.69, 9.17) is 25.8 Å². The van der Waals surface area contributed by atoms with E-state index in [-0.39, 0.29) is 18.9 Å². The van der Waals surface area contributed by atoms with Gasteiger partial charge in [-0.1, -0.05) is 11.6 Å². The van der Waals surface area contributed by atoms with E-state index < -0.39 is 24.5 Å². The molecule has 0 fully saturated rings. The molecule has 33 heavy (non-hydrogen) atoms. The first-order valence-electron chi connectivity index (χ1n) is 10.1. The van der Waals surface area contributed by atoms with Gasteiger partial charge in [0.1, 0.15) is 13.2 Å². The molecule has 0 atom stereocenters. The van der Waals surface area contributed by atoms with Crippen LogP contribution in [-0.2, 0) is 14.3 Å². The summed E-state index contributed by atoms with van der Waals surface area (Å²) in [5.74, 6) is -0.639. The van der Waals surface area contributed by atoms with Gasteiger partial charge in [-0.2, -0.15) is 0 Å². The number of halogens is 1. The van der Waals surface area contributed by atoms with Crippen molar-refractivity contribution in [3.8, 4) is 11.5 Å². The number of carbonyl (C=O) groups is 4. The molecule has 2 aromatic rings. The Balaban J connectivity index is 1.29. The van der Waals surface area contributed by atoms with Crippen molar-refractivity contribution in [3.63, 3.8) is 0 Å². The number of imide groups is 1. The van der Waals surface area contributed by atoms with Crippen molar-refractivity contribution in [1.29, 1.82) is 0 Å². The average molecular weight is 476 g/mol. The average Bonchev–Trinajstić information content (AvgIpc) is 2.80. The molecule has 0 aromatic heterocycles. The topological polar surface area (TPSA) is 132 Å². The lowest BCUT2D eigenvalue weighted by Gasteiger charge is -2.19. The second-order valence-corrected chi connectivity index (χ2v) is 7.32.